The highest BCUT2D eigenvalue weighted by atomic mass is 19.3. The Morgan fingerprint density at radius 1 is 1.22 bits per heavy atom. The lowest BCUT2D eigenvalue weighted by Crippen LogP contribution is -2.20. The lowest BCUT2D eigenvalue weighted by atomic mass is 10.1. The zero-order chi connectivity index (χ0) is 13.2. The van der Waals surface area contributed by atoms with Crippen LogP contribution in [-0.2, 0) is 12.5 Å². The van der Waals surface area contributed by atoms with E-state index < -0.39 is 18.6 Å². The Morgan fingerprint density at radius 3 is 2.44 bits per heavy atom. The second-order valence-corrected chi connectivity index (χ2v) is 4.36. The highest BCUT2D eigenvalue weighted by molar-refractivity contribution is 5.20. The van der Waals surface area contributed by atoms with Crippen molar-refractivity contribution in [2.24, 2.45) is 0 Å². The van der Waals surface area contributed by atoms with Crippen LogP contribution in [0.3, 0.4) is 0 Å². The van der Waals surface area contributed by atoms with Crippen molar-refractivity contribution in [2.45, 2.75) is 25.5 Å². The van der Waals surface area contributed by atoms with Crippen LogP contribution >= 0.6 is 0 Å². The summed E-state index contributed by atoms with van der Waals surface area (Å²) < 4.78 is 29.3. The fourth-order valence-electron chi connectivity index (χ4n) is 1.81. The predicted molar refractivity (Wildman–Crippen MR) is 65.4 cm³/mol. The van der Waals surface area contributed by atoms with Crippen LogP contribution in [0.15, 0.2) is 48.8 Å². The first kappa shape index (κ1) is 12.8. The van der Waals surface area contributed by atoms with Crippen molar-refractivity contribution >= 4 is 0 Å². The van der Waals surface area contributed by atoms with E-state index >= 15 is 0 Å². The van der Waals surface area contributed by atoms with Crippen LogP contribution in [0.1, 0.15) is 24.2 Å². The molecule has 1 aromatic carbocycles. The smallest absolute Gasteiger partial charge is 0.290 e. The highest BCUT2D eigenvalue weighted by Gasteiger charge is 2.31. The summed E-state index contributed by atoms with van der Waals surface area (Å²) in [6.07, 6.45) is 2.46. The lowest BCUT2D eigenvalue weighted by Gasteiger charge is -2.17. The van der Waals surface area contributed by atoms with Crippen LogP contribution in [0.5, 0.6) is 0 Å². The molecule has 2 rings (SSSR count). The lowest BCUT2D eigenvalue weighted by molar-refractivity contribution is -0.0222. The van der Waals surface area contributed by atoms with Crippen molar-refractivity contribution in [3.05, 3.63) is 59.9 Å². The van der Waals surface area contributed by atoms with E-state index in [9.17, 15) is 13.9 Å². The van der Waals surface area contributed by atoms with Crippen molar-refractivity contribution in [3.63, 3.8) is 0 Å². The van der Waals surface area contributed by atoms with E-state index in [1.165, 1.54) is 16.7 Å². The van der Waals surface area contributed by atoms with Gasteiger partial charge in [0.15, 0.2) is 0 Å². The number of aromatic nitrogens is 1. The normalized spacial score (nSPS) is 13.6. The average molecular weight is 251 g/mol. The molecule has 1 N–H and O–H groups in total. The molecule has 1 atom stereocenters. The van der Waals surface area contributed by atoms with Gasteiger partial charge < -0.3 is 9.67 Å². The minimum absolute atomic E-state index is 0.00250. The summed E-state index contributed by atoms with van der Waals surface area (Å²) in [4.78, 5) is 0. The van der Waals surface area contributed by atoms with Crippen molar-refractivity contribution < 1.29 is 13.9 Å². The summed E-state index contributed by atoms with van der Waals surface area (Å²) in [7, 11) is 0. The SMILES string of the molecule is CC(O)c1ccn(CC(F)(F)c2ccccc2)c1. The summed E-state index contributed by atoms with van der Waals surface area (Å²) in [5.41, 5.74) is 0.635. The third-order valence-electron chi connectivity index (χ3n) is 2.83. The molecule has 1 heterocycles. The number of alkyl halides is 2. The molecule has 96 valence electrons. The Balaban J connectivity index is 2.17. The standard InChI is InChI=1S/C14H15F2NO/c1-11(18)12-7-8-17(9-12)10-14(15,16)13-5-3-2-4-6-13/h2-9,11,18H,10H2,1H3. The van der Waals surface area contributed by atoms with Gasteiger partial charge in [-0.25, -0.2) is 0 Å². The maximum atomic E-state index is 14.0. The minimum atomic E-state index is -2.92. The van der Waals surface area contributed by atoms with Crippen LogP contribution in [0.4, 0.5) is 8.78 Å². The topological polar surface area (TPSA) is 25.2 Å². The van der Waals surface area contributed by atoms with Crippen LogP contribution in [-0.4, -0.2) is 9.67 Å². The molecule has 0 aliphatic carbocycles. The molecule has 18 heavy (non-hydrogen) atoms. The molecule has 0 saturated heterocycles. The third-order valence-corrected chi connectivity index (χ3v) is 2.83. The maximum Gasteiger partial charge on any atom is 0.290 e. The Bertz CT molecular complexity index is 506. The number of aliphatic hydroxyl groups is 1. The minimum Gasteiger partial charge on any atom is -0.389 e. The first-order chi connectivity index (χ1) is 8.49. The van der Waals surface area contributed by atoms with Gasteiger partial charge in [-0.2, -0.15) is 8.78 Å². The van der Waals surface area contributed by atoms with Gasteiger partial charge in [0, 0.05) is 18.0 Å². The van der Waals surface area contributed by atoms with Crippen LogP contribution in [0, 0.1) is 0 Å². The van der Waals surface area contributed by atoms with Gasteiger partial charge in [-0.05, 0) is 18.6 Å². The molecule has 0 radical (unpaired) electrons. The van der Waals surface area contributed by atoms with Gasteiger partial charge in [0.05, 0.1) is 12.6 Å². The predicted octanol–water partition coefficient (Wildman–Crippen LogP) is 3.33. The summed E-state index contributed by atoms with van der Waals surface area (Å²) in [6.45, 7) is 1.18. The number of nitrogens with zero attached hydrogens (tertiary/aromatic N) is 1. The van der Waals surface area contributed by atoms with E-state index in [1.807, 2.05) is 0 Å². The number of rotatable bonds is 4. The Morgan fingerprint density at radius 2 is 1.89 bits per heavy atom. The molecule has 1 aromatic heterocycles. The van der Waals surface area contributed by atoms with Gasteiger partial charge in [-0.1, -0.05) is 30.3 Å². The summed E-state index contributed by atoms with van der Waals surface area (Å²) in [5.74, 6) is -2.92. The molecule has 0 bridgehead atoms. The molecule has 2 aromatic rings. The fourth-order valence-corrected chi connectivity index (χ4v) is 1.81. The largest absolute Gasteiger partial charge is 0.389 e. The summed E-state index contributed by atoms with van der Waals surface area (Å²) in [6, 6.07) is 9.38. The fraction of sp³-hybridized carbons (Fsp3) is 0.286. The monoisotopic (exact) mass is 251 g/mol. The number of hydrogen-bond donors (Lipinski definition) is 1. The molecule has 4 heteroatoms. The van der Waals surface area contributed by atoms with E-state index in [0.717, 1.165) is 0 Å². The summed E-state index contributed by atoms with van der Waals surface area (Å²) in [5, 5.41) is 9.35. The maximum absolute atomic E-state index is 14.0. The van der Waals surface area contributed by atoms with Crippen LogP contribution in [0.2, 0.25) is 0 Å². The number of aliphatic hydroxyl groups excluding tert-OH is 1. The Kier molecular flexibility index (Phi) is 3.48. The van der Waals surface area contributed by atoms with Crippen molar-refractivity contribution in [2.75, 3.05) is 0 Å². The number of benzene rings is 1. The molecule has 0 aliphatic rings. The molecule has 0 aliphatic heterocycles. The third kappa shape index (κ3) is 2.76. The average Bonchev–Trinajstić information content (AvgIpc) is 2.78. The van der Waals surface area contributed by atoms with E-state index in [4.69, 9.17) is 0 Å². The van der Waals surface area contributed by atoms with Crippen LogP contribution in [0.25, 0.3) is 0 Å². The Labute approximate surface area is 104 Å². The van der Waals surface area contributed by atoms with Crippen molar-refractivity contribution in [1.29, 1.82) is 0 Å². The highest BCUT2D eigenvalue weighted by Crippen LogP contribution is 2.30. The van der Waals surface area contributed by atoms with Gasteiger partial charge in [0.2, 0.25) is 0 Å². The first-order valence-corrected chi connectivity index (χ1v) is 5.76. The second kappa shape index (κ2) is 4.90. The number of hydrogen-bond acceptors (Lipinski definition) is 1. The Hall–Kier alpha value is -1.68. The summed E-state index contributed by atoms with van der Waals surface area (Å²) >= 11 is 0. The zero-order valence-electron chi connectivity index (χ0n) is 10.1. The van der Waals surface area contributed by atoms with E-state index in [-0.39, 0.29) is 5.56 Å². The molecular formula is C14H15F2NO. The first-order valence-electron chi connectivity index (χ1n) is 5.76. The van der Waals surface area contributed by atoms with Gasteiger partial charge in [0.1, 0.15) is 0 Å². The second-order valence-electron chi connectivity index (χ2n) is 4.36. The van der Waals surface area contributed by atoms with Crippen molar-refractivity contribution in [1.82, 2.24) is 4.57 Å². The molecule has 0 spiro atoms. The quantitative estimate of drug-likeness (QED) is 0.885. The van der Waals surface area contributed by atoms with E-state index in [0.29, 0.717) is 5.56 Å². The molecule has 2 nitrogen and oxygen atoms in total. The number of halogens is 2. The zero-order valence-corrected chi connectivity index (χ0v) is 10.1. The van der Waals surface area contributed by atoms with Gasteiger partial charge in [-0.15, -0.1) is 0 Å². The molecule has 0 saturated carbocycles. The van der Waals surface area contributed by atoms with Gasteiger partial charge >= 0.3 is 0 Å². The van der Waals surface area contributed by atoms with Gasteiger partial charge in [-0.3, -0.25) is 0 Å². The molecule has 1 unspecified atom stereocenters. The van der Waals surface area contributed by atoms with E-state index in [2.05, 4.69) is 0 Å². The molecule has 0 amide bonds. The molecule has 0 fully saturated rings. The van der Waals surface area contributed by atoms with Gasteiger partial charge in [0.25, 0.3) is 5.92 Å². The van der Waals surface area contributed by atoms with E-state index in [1.54, 1.807) is 43.6 Å². The van der Waals surface area contributed by atoms with Crippen LogP contribution < -0.4 is 0 Å². The van der Waals surface area contributed by atoms with Crippen molar-refractivity contribution in [3.8, 4) is 0 Å². The molecular weight excluding hydrogens is 236 g/mol.